The topological polar surface area (TPSA) is 75.6 Å². The van der Waals surface area contributed by atoms with Gasteiger partial charge in [-0.15, -0.1) is 0 Å². The summed E-state index contributed by atoms with van der Waals surface area (Å²) in [6, 6.07) is 9.00. The highest BCUT2D eigenvalue weighted by Gasteiger charge is 2.32. The molecule has 2 atom stereocenters. The molecule has 0 fully saturated rings. The molecule has 1 aromatic rings. The molecular weight excluding hydrogens is 386 g/mol. The highest BCUT2D eigenvalue weighted by Crippen LogP contribution is 2.29. The Morgan fingerprint density at radius 3 is 2.38 bits per heavy atom. The van der Waals surface area contributed by atoms with Gasteiger partial charge in [0.25, 0.3) is 5.91 Å². The first kappa shape index (κ1) is 25.2. The van der Waals surface area contributed by atoms with Gasteiger partial charge in [-0.25, -0.2) is 0 Å². The fraction of sp³-hybridized carbons (Fsp3) is 0.609. The number of esters is 1. The lowest BCUT2D eigenvalue weighted by Gasteiger charge is -2.28. The van der Waals surface area contributed by atoms with Crippen molar-refractivity contribution < 1.29 is 19.4 Å². The van der Waals surface area contributed by atoms with E-state index in [-0.39, 0.29) is 11.9 Å². The highest BCUT2D eigenvalue weighted by atomic mass is 32.1. The Labute approximate surface area is 180 Å². The number of carbonyl (C=O) groups excluding carboxylic acids is 2. The van der Waals surface area contributed by atoms with E-state index in [4.69, 9.17) is 17.0 Å². The average Bonchev–Trinajstić information content (AvgIpc) is 2.70. The van der Waals surface area contributed by atoms with Crippen LogP contribution in [-0.2, 0) is 14.3 Å². The number of rotatable bonds is 13. The van der Waals surface area contributed by atoms with Crippen molar-refractivity contribution in [1.29, 1.82) is 0 Å². The number of thiocarbonyl (C=S) groups is 1. The summed E-state index contributed by atoms with van der Waals surface area (Å²) in [5, 5.41) is 13.1. The molecule has 0 bridgehead atoms. The predicted molar refractivity (Wildman–Crippen MR) is 121 cm³/mol. The maximum atomic E-state index is 12.3. The van der Waals surface area contributed by atoms with E-state index in [0.717, 1.165) is 38.5 Å². The van der Waals surface area contributed by atoms with Crippen molar-refractivity contribution in [2.75, 3.05) is 11.9 Å². The minimum atomic E-state index is -1.34. The lowest BCUT2D eigenvalue weighted by molar-refractivity contribution is -0.148. The summed E-state index contributed by atoms with van der Waals surface area (Å²) in [5.74, 6) is -0.686. The van der Waals surface area contributed by atoms with Gasteiger partial charge in [0.2, 0.25) is 0 Å². The van der Waals surface area contributed by atoms with Crippen molar-refractivity contribution in [2.24, 2.45) is 11.3 Å². The van der Waals surface area contributed by atoms with E-state index in [2.05, 4.69) is 12.2 Å². The van der Waals surface area contributed by atoms with Gasteiger partial charge in [0.05, 0.1) is 12.5 Å². The number of ether oxygens (including phenoxy) is 1. The van der Waals surface area contributed by atoms with E-state index < -0.39 is 17.4 Å². The van der Waals surface area contributed by atoms with E-state index in [9.17, 15) is 14.7 Å². The van der Waals surface area contributed by atoms with E-state index in [1.165, 1.54) is 0 Å². The van der Waals surface area contributed by atoms with Gasteiger partial charge in [-0.3, -0.25) is 9.59 Å². The molecular formula is C23H35NO4S. The molecule has 0 saturated carbocycles. The SMILES string of the molecule is CCCC(CCCCC(C)(C)C(=S)C(O)C(=O)Nc1ccccc1)C(=O)OCC. The zero-order chi connectivity index (χ0) is 21.9. The molecule has 2 N–H and O–H groups in total. The molecule has 0 aliphatic carbocycles. The van der Waals surface area contributed by atoms with Gasteiger partial charge in [-0.2, -0.15) is 0 Å². The largest absolute Gasteiger partial charge is 0.466 e. The maximum Gasteiger partial charge on any atom is 0.308 e. The van der Waals surface area contributed by atoms with Crippen LogP contribution in [0.1, 0.15) is 66.2 Å². The lowest BCUT2D eigenvalue weighted by Crippen LogP contribution is -2.41. The molecule has 1 aromatic carbocycles. The van der Waals surface area contributed by atoms with Crippen molar-refractivity contribution in [3.05, 3.63) is 30.3 Å². The van der Waals surface area contributed by atoms with E-state index in [1.54, 1.807) is 12.1 Å². The highest BCUT2D eigenvalue weighted by molar-refractivity contribution is 7.80. The first-order valence-electron chi connectivity index (χ1n) is 10.5. The molecule has 1 rings (SSSR count). The summed E-state index contributed by atoms with van der Waals surface area (Å²) in [7, 11) is 0. The van der Waals surface area contributed by atoms with Crippen molar-refractivity contribution in [2.45, 2.75) is 72.3 Å². The quantitative estimate of drug-likeness (QED) is 0.269. The van der Waals surface area contributed by atoms with Crippen LogP contribution in [0, 0.1) is 11.3 Å². The third-order valence-corrected chi connectivity index (χ3v) is 5.84. The van der Waals surface area contributed by atoms with Gasteiger partial charge in [0.15, 0.2) is 6.10 Å². The molecule has 2 unspecified atom stereocenters. The standard InChI is InChI=1S/C23H35NO4S/c1-5-12-17(22(27)28-6-2)13-10-11-16-23(3,4)20(29)19(25)21(26)24-18-14-8-7-9-15-18/h7-9,14-15,17,19,25H,5-6,10-13,16H2,1-4H3,(H,24,26). The molecule has 0 radical (unpaired) electrons. The number of nitrogens with one attached hydrogen (secondary N) is 1. The number of hydrogen-bond acceptors (Lipinski definition) is 5. The van der Waals surface area contributed by atoms with Crippen molar-refractivity contribution in [3.63, 3.8) is 0 Å². The smallest absolute Gasteiger partial charge is 0.308 e. The van der Waals surface area contributed by atoms with Crippen LogP contribution < -0.4 is 5.32 Å². The van der Waals surface area contributed by atoms with E-state index in [0.29, 0.717) is 17.2 Å². The first-order chi connectivity index (χ1) is 13.7. The number of amides is 1. The predicted octanol–water partition coefficient (Wildman–Crippen LogP) is 4.92. The molecule has 0 spiro atoms. The van der Waals surface area contributed by atoms with Crippen LogP contribution in [0.25, 0.3) is 0 Å². The van der Waals surface area contributed by atoms with E-state index in [1.807, 2.05) is 39.0 Å². The number of anilines is 1. The lowest BCUT2D eigenvalue weighted by atomic mass is 9.80. The third-order valence-electron chi connectivity index (χ3n) is 5.07. The van der Waals surface area contributed by atoms with Gasteiger partial charge < -0.3 is 15.2 Å². The van der Waals surface area contributed by atoms with Gasteiger partial charge >= 0.3 is 5.97 Å². The third kappa shape index (κ3) is 8.62. The minimum Gasteiger partial charge on any atom is -0.466 e. The number of benzene rings is 1. The first-order valence-corrected chi connectivity index (χ1v) is 10.9. The second-order valence-corrected chi connectivity index (χ2v) is 8.43. The Bertz CT molecular complexity index is 660. The van der Waals surface area contributed by atoms with Crippen LogP contribution in [-0.4, -0.2) is 34.6 Å². The van der Waals surface area contributed by atoms with Gasteiger partial charge in [0.1, 0.15) is 0 Å². The zero-order valence-corrected chi connectivity index (χ0v) is 18.9. The van der Waals surface area contributed by atoms with Crippen molar-refractivity contribution in [3.8, 4) is 0 Å². The fourth-order valence-corrected chi connectivity index (χ4v) is 3.50. The molecule has 0 heterocycles. The van der Waals surface area contributed by atoms with Crippen molar-refractivity contribution >= 4 is 34.6 Å². The Morgan fingerprint density at radius 1 is 1.14 bits per heavy atom. The number of para-hydroxylation sites is 1. The number of hydrogen-bond donors (Lipinski definition) is 2. The molecule has 0 aliphatic heterocycles. The molecule has 6 heteroatoms. The Balaban J connectivity index is 2.52. The normalized spacial score (nSPS) is 13.4. The van der Waals surface area contributed by atoms with Crippen LogP contribution in [0.4, 0.5) is 5.69 Å². The van der Waals surface area contributed by atoms with Crippen LogP contribution in [0.15, 0.2) is 30.3 Å². The molecule has 0 aromatic heterocycles. The minimum absolute atomic E-state index is 0.0581. The number of unbranched alkanes of at least 4 members (excludes halogenated alkanes) is 1. The van der Waals surface area contributed by atoms with Crippen LogP contribution in [0.3, 0.4) is 0 Å². The Hall–Kier alpha value is -1.79. The molecule has 5 nitrogen and oxygen atoms in total. The van der Waals surface area contributed by atoms with E-state index >= 15 is 0 Å². The summed E-state index contributed by atoms with van der Waals surface area (Å²) in [5.41, 5.74) is 0.158. The Morgan fingerprint density at radius 2 is 1.79 bits per heavy atom. The van der Waals surface area contributed by atoms with Crippen molar-refractivity contribution in [1.82, 2.24) is 0 Å². The summed E-state index contributed by atoms with van der Waals surface area (Å²) in [6.45, 7) is 8.19. The molecule has 1 amide bonds. The van der Waals surface area contributed by atoms with Crippen LogP contribution in [0.5, 0.6) is 0 Å². The van der Waals surface area contributed by atoms with Gasteiger partial charge in [-0.05, 0) is 43.7 Å². The average molecular weight is 422 g/mol. The van der Waals surface area contributed by atoms with Crippen LogP contribution >= 0.6 is 12.2 Å². The summed E-state index contributed by atoms with van der Waals surface area (Å²) in [6.07, 6.45) is 3.70. The number of aliphatic hydroxyl groups is 1. The maximum absolute atomic E-state index is 12.3. The fourth-order valence-electron chi connectivity index (χ4n) is 3.29. The van der Waals surface area contributed by atoms with Crippen LogP contribution in [0.2, 0.25) is 0 Å². The zero-order valence-electron chi connectivity index (χ0n) is 18.1. The molecule has 0 aliphatic rings. The molecule has 162 valence electrons. The number of carbonyl (C=O) groups is 2. The monoisotopic (exact) mass is 421 g/mol. The molecule has 0 saturated heterocycles. The molecule has 29 heavy (non-hydrogen) atoms. The summed E-state index contributed by atoms with van der Waals surface area (Å²) in [4.78, 5) is 24.7. The number of aliphatic hydroxyl groups excluding tert-OH is 1. The second kappa shape index (κ2) is 12.7. The Kier molecular flexibility index (Phi) is 11.1. The second-order valence-electron chi connectivity index (χ2n) is 7.99. The summed E-state index contributed by atoms with van der Waals surface area (Å²) < 4.78 is 5.16. The summed E-state index contributed by atoms with van der Waals surface area (Å²) >= 11 is 5.44. The van der Waals surface area contributed by atoms with Gasteiger partial charge in [-0.1, -0.05) is 70.5 Å². The van der Waals surface area contributed by atoms with Gasteiger partial charge in [0, 0.05) is 10.6 Å².